The van der Waals surface area contributed by atoms with Crippen LogP contribution < -0.4 is 11.1 Å². The first kappa shape index (κ1) is 12.6. The van der Waals surface area contributed by atoms with Crippen LogP contribution in [0.5, 0.6) is 0 Å². The molecule has 17 heavy (non-hydrogen) atoms. The van der Waals surface area contributed by atoms with Crippen molar-refractivity contribution in [3.8, 4) is 0 Å². The van der Waals surface area contributed by atoms with E-state index in [9.17, 15) is 0 Å². The average Bonchev–Trinajstić information content (AvgIpc) is 2.35. The van der Waals surface area contributed by atoms with Crippen molar-refractivity contribution in [1.82, 2.24) is 4.90 Å². The molecule has 1 fully saturated rings. The first-order chi connectivity index (χ1) is 8.25. The Morgan fingerprint density at radius 2 is 2.12 bits per heavy atom. The van der Waals surface area contributed by atoms with Gasteiger partial charge in [0.05, 0.1) is 0 Å². The number of hydrogen-bond donors (Lipinski definition) is 2. The molecule has 1 aliphatic rings. The predicted octanol–water partition coefficient (Wildman–Crippen LogP) is 2.04. The number of anilines is 2. The number of benzene rings is 1. The molecule has 4 heteroatoms. The van der Waals surface area contributed by atoms with Crippen LogP contribution in [0, 0.1) is 6.92 Å². The maximum atomic E-state index is 5.80. The minimum Gasteiger partial charge on any atom is -0.399 e. The van der Waals surface area contributed by atoms with Gasteiger partial charge in [0.25, 0.3) is 0 Å². The number of aryl methyl sites for hydroxylation is 1. The van der Waals surface area contributed by atoms with Crippen molar-refractivity contribution in [1.29, 1.82) is 0 Å². The second-order valence-corrected chi connectivity index (χ2v) is 5.68. The van der Waals surface area contributed by atoms with E-state index in [0.717, 1.165) is 24.3 Å². The van der Waals surface area contributed by atoms with Gasteiger partial charge in [-0.25, -0.2) is 0 Å². The zero-order valence-electron chi connectivity index (χ0n) is 10.4. The van der Waals surface area contributed by atoms with Crippen molar-refractivity contribution in [3.05, 3.63) is 23.8 Å². The van der Waals surface area contributed by atoms with E-state index in [0.29, 0.717) is 0 Å². The maximum absolute atomic E-state index is 5.80. The lowest BCUT2D eigenvalue weighted by Crippen LogP contribution is -2.36. The lowest BCUT2D eigenvalue weighted by atomic mass is 10.2. The molecule has 1 saturated heterocycles. The standard InChI is InChI=1S/C13H21N3S/c1-11-10-12(2-3-13(11)14)15-4-5-16-6-8-17-9-7-16/h2-3,10,15H,4-9,14H2,1H3. The third kappa shape index (κ3) is 3.82. The van der Waals surface area contributed by atoms with Crippen LogP contribution in [0.1, 0.15) is 5.56 Å². The highest BCUT2D eigenvalue weighted by atomic mass is 32.2. The van der Waals surface area contributed by atoms with Crippen LogP contribution in [-0.2, 0) is 0 Å². The number of nitrogens with one attached hydrogen (secondary N) is 1. The fraction of sp³-hybridized carbons (Fsp3) is 0.538. The summed E-state index contributed by atoms with van der Waals surface area (Å²) in [7, 11) is 0. The molecule has 3 nitrogen and oxygen atoms in total. The fourth-order valence-electron chi connectivity index (χ4n) is 1.97. The lowest BCUT2D eigenvalue weighted by molar-refractivity contribution is 0.314. The van der Waals surface area contributed by atoms with Gasteiger partial charge in [-0.1, -0.05) is 0 Å². The van der Waals surface area contributed by atoms with Gasteiger partial charge < -0.3 is 11.1 Å². The molecule has 3 N–H and O–H groups in total. The van der Waals surface area contributed by atoms with Crippen LogP contribution in [-0.4, -0.2) is 42.6 Å². The third-order valence-electron chi connectivity index (χ3n) is 3.13. The molecular weight excluding hydrogens is 230 g/mol. The quantitative estimate of drug-likeness (QED) is 0.804. The molecule has 0 unspecified atom stereocenters. The van der Waals surface area contributed by atoms with E-state index in [1.807, 2.05) is 19.1 Å². The summed E-state index contributed by atoms with van der Waals surface area (Å²) < 4.78 is 0. The van der Waals surface area contributed by atoms with Crippen molar-refractivity contribution in [2.45, 2.75) is 6.92 Å². The molecule has 0 bridgehead atoms. The van der Waals surface area contributed by atoms with Gasteiger partial charge in [0.2, 0.25) is 0 Å². The highest BCUT2D eigenvalue weighted by Gasteiger charge is 2.09. The molecule has 94 valence electrons. The van der Waals surface area contributed by atoms with Gasteiger partial charge in [-0.3, -0.25) is 4.90 Å². The second kappa shape index (κ2) is 6.17. The molecule has 2 rings (SSSR count). The number of hydrogen-bond acceptors (Lipinski definition) is 4. The van der Waals surface area contributed by atoms with Crippen LogP contribution >= 0.6 is 11.8 Å². The van der Waals surface area contributed by atoms with Crippen LogP contribution in [0.15, 0.2) is 18.2 Å². The van der Waals surface area contributed by atoms with E-state index in [1.165, 1.54) is 30.3 Å². The second-order valence-electron chi connectivity index (χ2n) is 4.45. The minimum absolute atomic E-state index is 0.864. The summed E-state index contributed by atoms with van der Waals surface area (Å²) in [5.74, 6) is 2.56. The van der Waals surface area contributed by atoms with Gasteiger partial charge in [-0.15, -0.1) is 0 Å². The number of nitrogens with zero attached hydrogens (tertiary/aromatic N) is 1. The highest BCUT2D eigenvalue weighted by Crippen LogP contribution is 2.16. The average molecular weight is 251 g/mol. The van der Waals surface area contributed by atoms with Crippen LogP contribution in [0.25, 0.3) is 0 Å². The summed E-state index contributed by atoms with van der Waals surface area (Å²) in [5.41, 5.74) is 8.97. The lowest BCUT2D eigenvalue weighted by Gasteiger charge is -2.26. The Kier molecular flexibility index (Phi) is 4.57. The van der Waals surface area contributed by atoms with Gasteiger partial charge in [0, 0.05) is 49.1 Å². The zero-order chi connectivity index (χ0) is 12.1. The maximum Gasteiger partial charge on any atom is 0.0345 e. The molecule has 0 radical (unpaired) electrons. The molecule has 1 aromatic rings. The monoisotopic (exact) mass is 251 g/mol. The van der Waals surface area contributed by atoms with Crippen molar-refractivity contribution in [3.63, 3.8) is 0 Å². The first-order valence-corrected chi connectivity index (χ1v) is 7.31. The van der Waals surface area contributed by atoms with Crippen LogP contribution in [0.3, 0.4) is 0 Å². The van der Waals surface area contributed by atoms with Gasteiger partial charge in [0.1, 0.15) is 0 Å². The molecular formula is C13H21N3S. The molecule has 0 atom stereocenters. The van der Waals surface area contributed by atoms with Crippen molar-refractivity contribution < 1.29 is 0 Å². The molecule has 0 saturated carbocycles. The summed E-state index contributed by atoms with van der Waals surface area (Å²) in [5, 5.41) is 3.46. The van der Waals surface area contributed by atoms with Gasteiger partial charge in [0.15, 0.2) is 0 Å². The minimum atomic E-state index is 0.864. The Labute approximate surface area is 108 Å². The number of thioether (sulfide) groups is 1. The molecule has 1 aromatic carbocycles. The Hall–Kier alpha value is -0.870. The smallest absolute Gasteiger partial charge is 0.0345 e. The van der Waals surface area contributed by atoms with E-state index in [1.54, 1.807) is 0 Å². The summed E-state index contributed by atoms with van der Waals surface area (Å²) in [4.78, 5) is 2.52. The zero-order valence-corrected chi connectivity index (χ0v) is 11.2. The number of nitrogens with two attached hydrogens (primary N) is 1. The van der Waals surface area contributed by atoms with Gasteiger partial charge >= 0.3 is 0 Å². The van der Waals surface area contributed by atoms with E-state index in [2.05, 4.69) is 28.0 Å². The summed E-state index contributed by atoms with van der Waals surface area (Å²) in [6, 6.07) is 6.13. The molecule has 0 amide bonds. The van der Waals surface area contributed by atoms with Gasteiger partial charge in [-0.05, 0) is 30.7 Å². The van der Waals surface area contributed by atoms with E-state index in [-0.39, 0.29) is 0 Å². The number of rotatable bonds is 4. The van der Waals surface area contributed by atoms with E-state index in [4.69, 9.17) is 5.73 Å². The normalized spacial score (nSPS) is 17.0. The molecule has 0 spiro atoms. The van der Waals surface area contributed by atoms with Crippen molar-refractivity contribution in [2.75, 3.05) is 48.7 Å². The largest absolute Gasteiger partial charge is 0.399 e. The molecule has 0 aromatic heterocycles. The Balaban J connectivity index is 1.75. The summed E-state index contributed by atoms with van der Waals surface area (Å²) in [6.45, 7) is 6.64. The Morgan fingerprint density at radius 3 is 2.82 bits per heavy atom. The fourth-order valence-corrected chi connectivity index (χ4v) is 2.95. The number of nitrogen functional groups attached to an aromatic ring is 1. The summed E-state index contributed by atoms with van der Waals surface area (Å²) >= 11 is 2.06. The third-order valence-corrected chi connectivity index (χ3v) is 4.07. The SMILES string of the molecule is Cc1cc(NCCN2CCSCC2)ccc1N. The van der Waals surface area contributed by atoms with Crippen LogP contribution in [0.2, 0.25) is 0 Å². The van der Waals surface area contributed by atoms with Crippen molar-refractivity contribution >= 4 is 23.1 Å². The van der Waals surface area contributed by atoms with E-state index < -0.39 is 0 Å². The molecule has 1 heterocycles. The molecule has 1 aliphatic heterocycles. The Morgan fingerprint density at radius 1 is 1.35 bits per heavy atom. The topological polar surface area (TPSA) is 41.3 Å². The highest BCUT2D eigenvalue weighted by molar-refractivity contribution is 7.99. The predicted molar refractivity (Wildman–Crippen MR) is 77.8 cm³/mol. The van der Waals surface area contributed by atoms with Gasteiger partial charge in [-0.2, -0.15) is 11.8 Å². The Bertz CT molecular complexity index is 362. The van der Waals surface area contributed by atoms with E-state index >= 15 is 0 Å². The van der Waals surface area contributed by atoms with Crippen LogP contribution in [0.4, 0.5) is 11.4 Å². The first-order valence-electron chi connectivity index (χ1n) is 6.16. The van der Waals surface area contributed by atoms with Crippen molar-refractivity contribution in [2.24, 2.45) is 0 Å². The summed E-state index contributed by atoms with van der Waals surface area (Å²) in [6.07, 6.45) is 0. The molecule has 0 aliphatic carbocycles.